The van der Waals surface area contributed by atoms with Crippen LogP contribution in [-0.2, 0) is 33.4 Å². The van der Waals surface area contributed by atoms with Gasteiger partial charge in [-0.25, -0.2) is 0 Å². The van der Waals surface area contributed by atoms with Gasteiger partial charge in [0, 0.05) is 0 Å². The first kappa shape index (κ1) is 33.3. The first-order valence-corrected chi connectivity index (χ1v) is 13.9. The largest absolute Gasteiger partial charge is 0.490 e. The molecule has 41 heavy (non-hydrogen) atoms. The van der Waals surface area contributed by atoms with Crippen molar-refractivity contribution < 1.29 is 43.2 Å². The van der Waals surface area contributed by atoms with Crippen LogP contribution in [0.4, 0.5) is 0 Å². The van der Waals surface area contributed by atoms with Crippen LogP contribution in [-0.4, -0.2) is 55.4 Å². The fourth-order valence-electron chi connectivity index (χ4n) is 4.74. The molecular formula is C32H42O9. The van der Waals surface area contributed by atoms with Crippen molar-refractivity contribution in [2.45, 2.75) is 65.7 Å². The van der Waals surface area contributed by atoms with E-state index in [0.29, 0.717) is 18.6 Å². The summed E-state index contributed by atoms with van der Waals surface area (Å²) in [4.78, 5) is 49.1. The number of carboxylic acid groups (broad SMARTS) is 1. The van der Waals surface area contributed by atoms with Crippen molar-refractivity contribution in [1.82, 2.24) is 0 Å². The minimum atomic E-state index is -1.10. The van der Waals surface area contributed by atoms with E-state index in [4.69, 9.17) is 24.1 Å². The summed E-state index contributed by atoms with van der Waals surface area (Å²) in [6.45, 7) is 7.37. The third-order valence-electron chi connectivity index (χ3n) is 7.12. The van der Waals surface area contributed by atoms with Crippen LogP contribution in [0.2, 0.25) is 0 Å². The molecule has 1 N–H and O–H groups in total. The Hall–Kier alpha value is -3.88. The van der Waals surface area contributed by atoms with Crippen LogP contribution in [0.3, 0.4) is 0 Å². The number of carbonyl (C=O) groups excluding carboxylic acids is 3. The Bertz CT molecular complexity index is 1120. The third kappa shape index (κ3) is 11.3. The van der Waals surface area contributed by atoms with Crippen molar-refractivity contribution in [3.8, 4) is 5.75 Å². The van der Waals surface area contributed by atoms with Crippen molar-refractivity contribution in [2.75, 3.05) is 26.4 Å². The van der Waals surface area contributed by atoms with Gasteiger partial charge in [0.15, 0.2) is 0 Å². The molecule has 0 bridgehead atoms. The van der Waals surface area contributed by atoms with E-state index in [1.807, 2.05) is 74.5 Å². The summed E-state index contributed by atoms with van der Waals surface area (Å²) in [5.74, 6) is -2.05. The van der Waals surface area contributed by atoms with Crippen molar-refractivity contribution in [2.24, 2.45) is 10.8 Å². The van der Waals surface area contributed by atoms with E-state index >= 15 is 0 Å². The Morgan fingerprint density at radius 2 is 1.29 bits per heavy atom. The van der Waals surface area contributed by atoms with Crippen molar-refractivity contribution in [1.29, 1.82) is 0 Å². The highest BCUT2D eigenvalue weighted by Crippen LogP contribution is 2.44. The molecule has 0 fully saturated rings. The maximum atomic E-state index is 13.5. The molecular weight excluding hydrogens is 528 g/mol. The molecule has 0 aliphatic rings. The van der Waals surface area contributed by atoms with Crippen LogP contribution in [0.5, 0.6) is 5.75 Å². The van der Waals surface area contributed by atoms with Crippen LogP contribution < -0.4 is 4.74 Å². The van der Waals surface area contributed by atoms with E-state index in [-0.39, 0.29) is 51.6 Å². The van der Waals surface area contributed by atoms with E-state index < -0.39 is 34.7 Å². The molecule has 9 nitrogen and oxygen atoms in total. The summed E-state index contributed by atoms with van der Waals surface area (Å²) in [5, 5.41) is 8.69. The van der Waals surface area contributed by atoms with Crippen LogP contribution in [0, 0.1) is 10.8 Å². The number of aliphatic carboxylic acids is 1. The topological polar surface area (TPSA) is 125 Å². The lowest BCUT2D eigenvalue weighted by atomic mass is 9.67. The predicted molar refractivity (Wildman–Crippen MR) is 152 cm³/mol. The number of esters is 3. The lowest BCUT2D eigenvalue weighted by Crippen LogP contribution is -2.41. The number of carboxylic acids is 1. The van der Waals surface area contributed by atoms with Gasteiger partial charge in [-0.3, -0.25) is 19.2 Å². The first-order valence-electron chi connectivity index (χ1n) is 13.9. The average molecular weight is 571 g/mol. The van der Waals surface area contributed by atoms with Crippen LogP contribution in [0.15, 0.2) is 60.7 Å². The van der Waals surface area contributed by atoms with Gasteiger partial charge in [-0.05, 0) is 56.7 Å². The zero-order valence-corrected chi connectivity index (χ0v) is 24.4. The molecule has 0 saturated heterocycles. The minimum Gasteiger partial charge on any atom is -0.490 e. The van der Waals surface area contributed by atoms with Crippen molar-refractivity contribution >= 4 is 23.9 Å². The lowest BCUT2D eigenvalue weighted by Gasteiger charge is -2.37. The van der Waals surface area contributed by atoms with Gasteiger partial charge >= 0.3 is 23.9 Å². The minimum absolute atomic E-state index is 0.0148. The van der Waals surface area contributed by atoms with Crippen molar-refractivity contribution in [3.63, 3.8) is 0 Å². The third-order valence-corrected chi connectivity index (χ3v) is 7.12. The summed E-state index contributed by atoms with van der Waals surface area (Å²) in [6.07, 6.45) is 0.438. The summed E-state index contributed by atoms with van der Waals surface area (Å²) >= 11 is 0. The molecule has 0 radical (unpaired) electrons. The van der Waals surface area contributed by atoms with E-state index in [1.54, 1.807) is 13.8 Å². The monoisotopic (exact) mass is 570 g/mol. The highest BCUT2D eigenvalue weighted by Gasteiger charge is 2.46. The van der Waals surface area contributed by atoms with Crippen LogP contribution >= 0.6 is 0 Å². The number of hydrogen-bond donors (Lipinski definition) is 1. The molecule has 9 heteroatoms. The smallest absolute Gasteiger partial charge is 0.311 e. The van der Waals surface area contributed by atoms with Gasteiger partial charge in [0.1, 0.15) is 32.2 Å². The molecule has 0 aromatic heterocycles. The molecule has 3 atom stereocenters. The second-order valence-electron chi connectivity index (χ2n) is 10.7. The van der Waals surface area contributed by atoms with Gasteiger partial charge in [0.25, 0.3) is 0 Å². The predicted octanol–water partition coefficient (Wildman–Crippen LogP) is 5.57. The first-order chi connectivity index (χ1) is 19.5. The molecule has 0 spiro atoms. The maximum Gasteiger partial charge on any atom is 0.311 e. The average Bonchev–Trinajstić information content (AvgIpc) is 2.96. The number of ether oxygens (including phenoxy) is 4. The molecule has 0 saturated carbocycles. The molecule has 3 unspecified atom stereocenters. The second-order valence-corrected chi connectivity index (χ2v) is 10.7. The highest BCUT2D eigenvalue weighted by molar-refractivity contribution is 5.81. The Balaban J connectivity index is 2.07. The standard InChI is InChI=1S/C32H42O9/c1-5-31(3,29(36)40-20-18-38-26-14-10-7-11-15-26)23-32(4,22-24(2)25-12-8-6-9-13-25)30(37)41-21-19-39-28(35)17-16-27(33)34/h6-15,24H,5,16-23H2,1-4H3,(H,33,34). The number of hydrogen-bond acceptors (Lipinski definition) is 8. The maximum absolute atomic E-state index is 13.5. The number of carbonyl (C=O) groups is 4. The lowest BCUT2D eigenvalue weighted by molar-refractivity contribution is -0.167. The van der Waals surface area contributed by atoms with E-state index in [1.165, 1.54) is 0 Å². The van der Waals surface area contributed by atoms with Gasteiger partial charge in [-0.2, -0.15) is 0 Å². The van der Waals surface area contributed by atoms with Gasteiger partial charge in [-0.15, -0.1) is 0 Å². The van der Waals surface area contributed by atoms with Gasteiger partial charge in [0.05, 0.1) is 23.7 Å². The van der Waals surface area contributed by atoms with Crippen LogP contribution in [0.1, 0.15) is 71.3 Å². The molecule has 2 rings (SSSR count). The number of para-hydroxylation sites is 1. The highest BCUT2D eigenvalue weighted by atomic mass is 16.6. The summed E-state index contributed by atoms with van der Waals surface area (Å²) in [7, 11) is 0. The Morgan fingerprint density at radius 3 is 1.88 bits per heavy atom. The number of benzene rings is 2. The summed E-state index contributed by atoms with van der Waals surface area (Å²) in [6, 6.07) is 19.0. The van der Waals surface area contributed by atoms with Gasteiger partial charge in [-0.1, -0.05) is 62.4 Å². The van der Waals surface area contributed by atoms with Crippen molar-refractivity contribution in [3.05, 3.63) is 66.2 Å². The van der Waals surface area contributed by atoms with E-state index in [0.717, 1.165) is 5.56 Å². The molecule has 0 amide bonds. The SMILES string of the molecule is CCC(C)(CC(C)(CC(C)c1ccccc1)C(=O)OCCOC(=O)CCC(=O)O)C(=O)OCCOc1ccccc1. The fourth-order valence-corrected chi connectivity index (χ4v) is 4.74. The van der Waals surface area contributed by atoms with Gasteiger partial charge < -0.3 is 24.1 Å². The summed E-state index contributed by atoms with van der Waals surface area (Å²) in [5.41, 5.74) is -0.981. The Morgan fingerprint density at radius 1 is 0.756 bits per heavy atom. The van der Waals surface area contributed by atoms with Crippen LogP contribution in [0.25, 0.3) is 0 Å². The van der Waals surface area contributed by atoms with E-state index in [9.17, 15) is 19.2 Å². The molecule has 0 heterocycles. The Labute approximate surface area is 242 Å². The zero-order valence-electron chi connectivity index (χ0n) is 24.4. The quantitative estimate of drug-likeness (QED) is 0.139. The van der Waals surface area contributed by atoms with E-state index in [2.05, 4.69) is 0 Å². The number of rotatable bonds is 18. The molecule has 224 valence electrons. The van der Waals surface area contributed by atoms with Gasteiger partial charge in [0.2, 0.25) is 0 Å². The molecule has 0 aliphatic carbocycles. The molecule has 2 aromatic carbocycles. The molecule has 0 aliphatic heterocycles. The zero-order chi connectivity index (χ0) is 30.3. The molecule has 2 aromatic rings. The fraction of sp³-hybridized carbons (Fsp3) is 0.500. The normalized spacial score (nSPS) is 14.5. The Kier molecular flexibility index (Phi) is 13.3. The second kappa shape index (κ2) is 16.4. The summed E-state index contributed by atoms with van der Waals surface area (Å²) < 4.78 is 21.7.